The van der Waals surface area contributed by atoms with Crippen molar-refractivity contribution in [1.82, 2.24) is 0 Å². The van der Waals surface area contributed by atoms with E-state index in [4.69, 9.17) is 10.00 Å². The summed E-state index contributed by atoms with van der Waals surface area (Å²) >= 11 is 0. The molecule has 0 saturated heterocycles. The molecule has 1 amide bonds. The number of carbonyl (C=O) groups is 1. The third-order valence-electron chi connectivity index (χ3n) is 3.83. The third-order valence-corrected chi connectivity index (χ3v) is 3.83. The largest absolute Gasteiger partial charge is 0.494 e. The molecule has 0 atom stereocenters. The van der Waals surface area contributed by atoms with Gasteiger partial charge in [0.15, 0.2) is 6.61 Å². The number of hydrogen-bond acceptors (Lipinski definition) is 4. The summed E-state index contributed by atoms with van der Waals surface area (Å²) in [6.07, 6.45) is -2.95. The lowest BCUT2D eigenvalue weighted by atomic mass is 10.2. The van der Waals surface area contributed by atoms with E-state index < -0.39 is 12.8 Å². The number of unbranched alkanes of at least 4 members (excludes halogenated alkanes) is 1. The molecule has 0 saturated carbocycles. The molecule has 1 N–H and O–H groups in total. The van der Waals surface area contributed by atoms with Crippen molar-refractivity contribution in [2.45, 2.75) is 32.4 Å². The molecule has 2 rings (SSSR count). The number of carbonyl (C=O) groups excluding carboxylic acids is 1. The minimum absolute atomic E-state index is 0.0846. The molecule has 2 aromatic rings. The molecule has 0 unspecified atom stereocenters. The highest BCUT2D eigenvalue weighted by Crippen LogP contribution is 2.25. The Morgan fingerprint density at radius 1 is 1.14 bits per heavy atom. The highest BCUT2D eigenvalue weighted by molar-refractivity contribution is 5.91. The Morgan fingerprint density at radius 3 is 2.62 bits per heavy atom. The van der Waals surface area contributed by atoms with Crippen molar-refractivity contribution in [1.29, 1.82) is 5.26 Å². The summed E-state index contributed by atoms with van der Waals surface area (Å²) in [5.74, 6) is 0.343. The van der Waals surface area contributed by atoms with Gasteiger partial charge in [-0.05, 0) is 55.7 Å². The molecule has 0 heterocycles. The van der Waals surface area contributed by atoms with E-state index in [0.717, 1.165) is 11.3 Å². The second kappa shape index (κ2) is 10.4. The maximum absolute atomic E-state index is 12.2. The summed E-state index contributed by atoms with van der Waals surface area (Å²) in [4.78, 5) is 12.0. The second-order valence-corrected chi connectivity index (χ2v) is 6.40. The van der Waals surface area contributed by atoms with Gasteiger partial charge in [0.25, 0.3) is 0 Å². The van der Waals surface area contributed by atoms with Gasteiger partial charge in [0.1, 0.15) is 17.6 Å². The van der Waals surface area contributed by atoms with Crippen molar-refractivity contribution in [3.05, 3.63) is 53.6 Å². The first kappa shape index (κ1) is 22.1. The summed E-state index contributed by atoms with van der Waals surface area (Å²) < 4.78 is 47.0. The molecule has 0 aromatic heterocycles. The summed E-state index contributed by atoms with van der Waals surface area (Å²) in [6.45, 7) is 0.975. The van der Waals surface area contributed by atoms with Gasteiger partial charge in [0, 0.05) is 12.1 Å². The van der Waals surface area contributed by atoms with Crippen molar-refractivity contribution in [3.8, 4) is 17.6 Å². The van der Waals surface area contributed by atoms with Gasteiger partial charge >= 0.3 is 6.18 Å². The monoisotopic (exact) mass is 406 g/mol. The van der Waals surface area contributed by atoms with Crippen molar-refractivity contribution in [2.24, 2.45) is 0 Å². The molecule has 0 aliphatic heterocycles. The zero-order valence-corrected chi connectivity index (χ0v) is 15.9. The molecular weight excluding hydrogens is 385 g/mol. The molecular formula is C21H21F3N2O3. The van der Waals surface area contributed by atoms with E-state index in [-0.39, 0.29) is 23.6 Å². The molecule has 0 aliphatic rings. The van der Waals surface area contributed by atoms with Gasteiger partial charge in [-0.15, -0.1) is 0 Å². The minimum Gasteiger partial charge on any atom is -0.494 e. The summed E-state index contributed by atoms with van der Waals surface area (Å²) in [6, 6.07) is 13.4. The van der Waals surface area contributed by atoms with E-state index in [2.05, 4.69) is 10.1 Å². The number of nitriles is 1. The van der Waals surface area contributed by atoms with Crippen LogP contribution in [0, 0.1) is 18.3 Å². The van der Waals surface area contributed by atoms with Gasteiger partial charge in [-0.25, -0.2) is 0 Å². The summed E-state index contributed by atoms with van der Waals surface area (Å²) in [7, 11) is 0. The number of ether oxygens (including phenoxy) is 2. The van der Waals surface area contributed by atoms with Crippen molar-refractivity contribution in [3.63, 3.8) is 0 Å². The van der Waals surface area contributed by atoms with E-state index in [0.29, 0.717) is 25.1 Å². The van der Waals surface area contributed by atoms with Gasteiger partial charge in [0.2, 0.25) is 5.91 Å². The maximum atomic E-state index is 12.2. The lowest BCUT2D eigenvalue weighted by Crippen LogP contribution is -2.19. The molecule has 0 fully saturated rings. The lowest BCUT2D eigenvalue weighted by Gasteiger charge is -2.12. The Morgan fingerprint density at radius 2 is 1.93 bits per heavy atom. The number of rotatable bonds is 9. The van der Waals surface area contributed by atoms with Crippen molar-refractivity contribution < 1.29 is 27.4 Å². The van der Waals surface area contributed by atoms with Crippen LogP contribution in [0.3, 0.4) is 0 Å². The summed E-state index contributed by atoms with van der Waals surface area (Å²) in [5.41, 5.74) is 1.34. The predicted molar refractivity (Wildman–Crippen MR) is 102 cm³/mol. The van der Waals surface area contributed by atoms with E-state index in [1.165, 1.54) is 18.2 Å². The number of aryl methyl sites for hydroxylation is 1. The zero-order chi connectivity index (χ0) is 21.3. The number of nitrogens with one attached hydrogen (secondary N) is 1. The predicted octanol–water partition coefficient (Wildman–Crippen LogP) is 5.00. The van der Waals surface area contributed by atoms with Gasteiger partial charge in [0.05, 0.1) is 12.2 Å². The Hall–Kier alpha value is -3.21. The van der Waals surface area contributed by atoms with E-state index in [9.17, 15) is 18.0 Å². The average Bonchev–Trinajstić information content (AvgIpc) is 2.66. The van der Waals surface area contributed by atoms with Crippen LogP contribution in [-0.2, 0) is 4.79 Å². The summed E-state index contributed by atoms with van der Waals surface area (Å²) in [5, 5.41) is 11.7. The van der Waals surface area contributed by atoms with Crippen LogP contribution in [-0.4, -0.2) is 25.3 Å². The molecule has 29 heavy (non-hydrogen) atoms. The number of anilines is 1. The molecule has 2 aromatic carbocycles. The lowest BCUT2D eigenvalue weighted by molar-refractivity contribution is -0.153. The Balaban J connectivity index is 1.76. The van der Waals surface area contributed by atoms with Gasteiger partial charge < -0.3 is 14.8 Å². The van der Waals surface area contributed by atoms with Gasteiger partial charge in [-0.1, -0.05) is 12.1 Å². The van der Waals surface area contributed by atoms with Crippen LogP contribution in [0.5, 0.6) is 11.5 Å². The number of alkyl halides is 3. The fraction of sp³-hybridized carbons (Fsp3) is 0.333. The number of nitrogens with zero attached hydrogens (tertiary/aromatic N) is 1. The maximum Gasteiger partial charge on any atom is 0.422 e. The minimum atomic E-state index is -4.50. The van der Waals surface area contributed by atoms with Crippen LogP contribution >= 0.6 is 0 Å². The van der Waals surface area contributed by atoms with E-state index in [1.807, 2.05) is 31.2 Å². The second-order valence-electron chi connectivity index (χ2n) is 6.40. The highest BCUT2D eigenvalue weighted by Gasteiger charge is 2.28. The SMILES string of the molecule is Cc1cccc(OCCCCC(=O)Nc2ccc(OCC(F)(F)F)c(C#N)c2)c1. The first-order chi connectivity index (χ1) is 13.8. The third kappa shape index (κ3) is 8.13. The first-order valence-electron chi connectivity index (χ1n) is 9.00. The molecule has 0 aliphatic carbocycles. The first-order valence-corrected chi connectivity index (χ1v) is 9.00. The number of amides is 1. The van der Waals surface area contributed by atoms with Gasteiger partial charge in [-0.3, -0.25) is 4.79 Å². The Labute approximate surface area is 167 Å². The van der Waals surface area contributed by atoms with Gasteiger partial charge in [-0.2, -0.15) is 18.4 Å². The Bertz CT molecular complexity index is 876. The van der Waals surface area contributed by atoms with Crippen LogP contribution in [0.2, 0.25) is 0 Å². The molecule has 8 heteroatoms. The van der Waals surface area contributed by atoms with Crippen LogP contribution in [0.15, 0.2) is 42.5 Å². The normalized spacial score (nSPS) is 10.9. The zero-order valence-electron chi connectivity index (χ0n) is 15.9. The smallest absolute Gasteiger partial charge is 0.422 e. The van der Waals surface area contributed by atoms with Crippen molar-refractivity contribution in [2.75, 3.05) is 18.5 Å². The fourth-order valence-corrected chi connectivity index (χ4v) is 2.49. The topological polar surface area (TPSA) is 71.3 Å². The van der Waals surface area contributed by atoms with Crippen LogP contribution in [0.1, 0.15) is 30.4 Å². The van der Waals surface area contributed by atoms with Crippen molar-refractivity contribution >= 4 is 11.6 Å². The molecule has 0 radical (unpaired) electrons. The average molecular weight is 406 g/mol. The van der Waals surface area contributed by atoms with E-state index in [1.54, 1.807) is 6.07 Å². The molecule has 0 bridgehead atoms. The van der Waals surface area contributed by atoms with Crippen LogP contribution < -0.4 is 14.8 Å². The number of benzene rings is 2. The molecule has 5 nitrogen and oxygen atoms in total. The number of halogens is 3. The Kier molecular flexibility index (Phi) is 7.89. The quantitative estimate of drug-likeness (QED) is 0.595. The fourth-order valence-electron chi connectivity index (χ4n) is 2.49. The van der Waals surface area contributed by atoms with Crippen LogP contribution in [0.25, 0.3) is 0 Å². The molecule has 0 spiro atoms. The standard InChI is InChI=1S/C21H21F3N2O3/c1-15-5-4-6-18(11-15)28-10-3-2-7-20(27)26-17-8-9-19(16(12-17)13-25)29-14-21(22,23)24/h4-6,8-9,11-12H,2-3,7,10,14H2,1H3,(H,26,27). The highest BCUT2D eigenvalue weighted by atomic mass is 19.4. The number of hydrogen-bond donors (Lipinski definition) is 1. The van der Waals surface area contributed by atoms with E-state index >= 15 is 0 Å². The molecule has 154 valence electrons. The van der Waals surface area contributed by atoms with Crippen LogP contribution in [0.4, 0.5) is 18.9 Å².